The summed E-state index contributed by atoms with van der Waals surface area (Å²) < 4.78 is 0. The summed E-state index contributed by atoms with van der Waals surface area (Å²) in [5, 5.41) is 16.2. The number of thiophene rings is 1. The topological polar surface area (TPSA) is 68.3 Å². The molecule has 0 amide bonds. The molecule has 0 spiro atoms. The molecule has 3 heterocycles. The Labute approximate surface area is 172 Å². The van der Waals surface area contributed by atoms with Crippen molar-refractivity contribution >= 4 is 17.3 Å². The Balaban J connectivity index is 1.54. The number of nitrogens with one attached hydrogen (secondary N) is 3. The van der Waals surface area contributed by atoms with Crippen LogP contribution in [0, 0.1) is 12.8 Å². The minimum atomic E-state index is 0.490. The second-order valence-corrected chi connectivity index (χ2v) is 8.59. The molecule has 2 atom stereocenters. The summed E-state index contributed by atoms with van der Waals surface area (Å²) in [6, 6.07) is 4.93. The van der Waals surface area contributed by atoms with Gasteiger partial charge in [0, 0.05) is 36.2 Å². The highest BCUT2D eigenvalue weighted by Crippen LogP contribution is 2.37. The molecule has 2 aromatic heterocycles. The van der Waals surface area contributed by atoms with Crippen LogP contribution in [-0.4, -0.2) is 54.3 Å². The first-order valence-corrected chi connectivity index (χ1v) is 11.3. The van der Waals surface area contributed by atoms with Crippen molar-refractivity contribution in [2.75, 3.05) is 33.2 Å². The van der Waals surface area contributed by atoms with Gasteiger partial charge in [-0.3, -0.25) is 15.0 Å². The van der Waals surface area contributed by atoms with Gasteiger partial charge in [-0.25, -0.2) is 0 Å². The normalized spacial score (nSPS) is 21.0. The SMILES string of the molecule is CCNC(=NCC1CCCN(C)C1c1cccs1)NCCCc1cn[nH]c1C. The molecule has 0 radical (unpaired) electrons. The third-order valence-corrected chi connectivity index (χ3v) is 6.46. The van der Waals surface area contributed by atoms with Gasteiger partial charge in [0.2, 0.25) is 0 Å². The molecular weight excluding hydrogens is 368 g/mol. The number of likely N-dealkylation sites (tertiary alicyclic amines) is 1. The van der Waals surface area contributed by atoms with E-state index < -0.39 is 0 Å². The third kappa shape index (κ3) is 5.58. The number of rotatable bonds is 8. The van der Waals surface area contributed by atoms with Crippen LogP contribution in [0.3, 0.4) is 0 Å². The van der Waals surface area contributed by atoms with E-state index in [0.717, 1.165) is 38.4 Å². The second-order valence-electron chi connectivity index (χ2n) is 7.61. The van der Waals surface area contributed by atoms with Crippen LogP contribution in [0.15, 0.2) is 28.7 Å². The summed E-state index contributed by atoms with van der Waals surface area (Å²) in [6.45, 7) is 8.03. The lowest BCUT2D eigenvalue weighted by molar-refractivity contribution is 0.128. The standard InChI is InChI=1S/C21H34N6S/c1-4-22-21(23-11-5-8-17-15-25-26-16(17)2)24-14-18-9-6-12-27(3)20(18)19-10-7-13-28-19/h7,10,13,15,18,20H,4-6,8-9,11-12,14H2,1-3H3,(H,25,26)(H2,22,23,24). The Morgan fingerprint density at radius 1 is 1.43 bits per heavy atom. The van der Waals surface area contributed by atoms with E-state index in [2.05, 4.69) is 64.1 Å². The number of aryl methyl sites for hydroxylation is 2. The number of H-pyrrole nitrogens is 1. The van der Waals surface area contributed by atoms with Gasteiger partial charge in [-0.1, -0.05) is 6.07 Å². The van der Waals surface area contributed by atoms with E-state index in [-0.39, 0.29) is 0 Å². The van der Waals surface area contributed by atoms with E-state index in [1.54, 1.807) is 0 Å². The smallest absolute Gasteiger partial charge is 0.191 e. The minimum absolute atomic E-state index is 0.490. The van der Waals surface area contributed by atoms with Crippen LogP contribution in [0.5, 0.6) is 0 Å². The van der Waals surface area contributed by atoms with Gasteiger partial charge >= 0.3 is 0 Å². The maximum Gasteiger partial charge on any atom is 0.191 e. The first kappa shape index (κ1) is 20.9. The molecule has 2 unspecified atom stereocenters. The number of aromatic nitrogens is 2. The van der Waals surface area contributed by atoms with Gasteiger partial charge < -0.3 is 10.6 Å². The average molecular weight is 403 g/mol. The summed E-state index contributed by atoms with van der Waals surface area (Å²) in [6.07, 6.45) is 6.53. The molecule has 2 aromatic rings. The van der Waals surface area contributed by atoms with Gasteiger partial charge in [0.25, 0.3) is 0 Å². The van der Waals surface area contributed by atoms with Crippen molar-refractivity contribution in [3.63, 3.8) is 0 Å². The van der Waals surface area contributed by atoms with Crippen molar-refractivity contribution in [2.24, 2.45) is 10.9 Å². The number of piperidine rings is 1. The summed E-state index contributed by atoms with van der Waals surface area (Å²) in [7, 11) is 2.25. The number of nitrogens with zero attached hydrogens (tertiary/aromatic N) is 3. The van der Waals surface area contributed by atoms with E-state index in [1.807, 2.05) is 17.5 Å². The van der Waals surface area contributed by atoms with Crippen LogP contribution >= 0.6 is 11.3 Å². The number of aromatic amines is 1. The zero-order chi connectivity index (χ0) is 19.8. The van der Waals surface area contributed by atoms with E-state index in [1.165, 1.54) is 35.5 Å². The number of hydrogen-bond donors (Lipinski definition) is 3. The molecule has 7 heteroatoms. The quantitative estimate of drug-likeness (QED) is 0.360. The van der Waals surface area contributed by atoms with Crippen LogP contribution in [0.1, 0.15) is 48.4 Å². The molecule has 0 bridgehead atoms. The summed E-state index contributed by atoms with van der Waals surface area (Å²) in [5.74, 6) is 1.51. The Kier molecular flexibility index (Phi) is 7.91. The molecule has 0 aliphatic carbocycles. The van der Waals surface area contributed by atoms with Gasteiger partial charge in [0.1, 0.15) is 0 Å². The largest absolute Gasteiger partial charge is 0.357 e. The Bertz CT molecular complexity index is 723. The maximum absolute atomic E-state index is 4.94. The highest BCUT2D eigenvalue weighted by Gasteiger charge is 2.31. The van der Waals surface area contributed by atoms with Crippen LogP contribution in [0.2, 0.25) is 0 Å². The van der Waals surface area contributed by atoms with E-state index in [4.69, 9.17) is 4.99 Å². The zero-order valence-corrected chi connectivity index (χ0v) is 18.2. The maximum atomic E-state index is 4.94. The van der Waals surface area contributed by atoms with Crippen LogP contribution in [0.4, 0.5) is 0 Å². The van der Waals surface area contributed by atoms with Gasteiger partial charge in [-0.05, 0) is 76.1 Å². The van der Waals surface area contributed by atoms with Gasteiger partial charge in [-0.15, -0.1) is 11.3 Å². The van der Waals surface area contributed by atoms with Crippen LogP contribution in [-0.2, 0) is 6.42 Å². The monoisotopic (exact) mass is 402 g/mol. The highest BCUT2D eigenvalue weighted by molar-refractivity contribution is 7.10. The van der Waals surface area contributed by atoms with Gasteiger partial charge in [-0.2, -0.15) is 5.10 Å². The Morgan fingerprint density at radius 3 is 3.04 bits per heavy atom. The lowest BCUT2D eigenvalue weighted by atomic mass is 9.88. The molecule has 6 nitrogen and oxygen atoms in total. The zero-order valence-electron chi connectivity index (χ0n) is 17.4. The summed E-state index contributed by atoms with van der Waals surface area (Å²) >= 11 is 1.87. The Morgan fingerprint density at radius 2 is 2.32 bits per heavy atom. The number of guanidine groups is 1. The first-order valence-electron chi connectivity index (χ1n) is 10.4. The highest BCUT2D eigenvalue weighted by atomic mass is 32.1. The first-order chi connectivity index (χ1) is 13.7. The molecule has 28 heavy (non-hydrogen) atoms. The predicted molar refractivity (Wildman–Crippen MR) is 118 cm³/mol. The fourth-order valence-electron chi connectivity index (χ4n) is 4.02. The minimum Gasteiger partial charge on any atom is -0.357 e. The number of aliphatic imine (C=N–C) groups is 1. The molecular formula is C21H34N6S. The lowest BCUT2D eigenvalue weighted by Crippen LogP contribution is -2.40. The van der Waals surface area contributed by atoms with Crippen molar-refractivity contribution < 1.29 is 0 Å². The fraction of sp³-hybridized carbons (Fsp3) is 0.619. The summed E-state index contributed by atoms with van der Waals surface area (Å²) in [5.41, 5.74) is 2.47. The molecule has 3 N–H and O–H groups in total. The molecule has 1 fully saturated rings. The molecule has 1 aliphatic rings. The van der Waals surface area contributed by atoms with Gasteiger partial charge in [0.05, 0.1) is 6.20 Å². The average Bonchev–Trinajstić information content (AvgIpc) is 3.35. The van der Waals surface area contributed by atoms with Crippen LogP contribution < -0.4 is 10.6 Å². The Hall–Kier alpha value is -1.86. The van der Waals surface area contributed by atoms with Gasteiger partial charge in [0.15, 0.2) is 5.96 Å². The van der Waals surface area contributed by atoms with Crippen LogP contribution in [0.25, 0.3) is 0 Å². The van der Waals surface area contributed by atoms with E-state index >= 15 is 0 Å². The second kappa shape index (κ2) is 10.6. The molecule has 1 aliphatic heterocycles. The lowest BCUT2D eigenvalue weighted by Gasteiger charge is -2.38. The third-order valence-electron chi connectivity index (χ3n) is 5.52. The van der Waals surface area contributed by atoms with Crippen molar-refractivity contribution in [2.45, 2.75) is 45.6 Å². The predicted octanol–water partition coefficient (Wildman–Crippen LogP) is 3.35. The fourth-order valence-corrected chi connectivity index (χ4v) is 5.01. The molecule has 0 saturated carbocycles. The summed E-state index contributed by atoms with van der Waals surface area (Å²) in [4.78, 5) is 8.91. The van der Waals surface area contributed by atoms with Crippen molar-refractivity contribution in [1.29, 1.82) is 0 Å². The van der Waals surface area contributed by atoms with Crippen molar-refractivity contribution in [3.8, 4) is 0 Å². The molecule has 1 saturated heterocycles. The van der Waals surface area contributed by atoms with Crippen molar-refractivity contribution in [3.05, 3.63) is 39.8 Å². The molecule has 3 rings (SSSR count). The molecule has 154 valence electrons. The number of hydrogen-bond acceptors (Lipinski definition) is 4. The van der Waals surface area contributed by atoms with E-state index in [9.17, 15) is 0 Å². The molecule has 0 aromatic carbocycles. The van der Waals surface area contributed by atoms with E-state index in [0.29, 0.717) is 12.0 Å². The van der Waals surface area contributed by atoms with Crippen molar-refractivity contribution in [1.82, 2.24) is 25.7 Å².